The van der Waals surface area contributed by atoms with Gasteiger partial charge in [-0.25, -0.2) is 4.99 Å². The Morgan fingerprint density at radius 3 is 2.77 bits per heavy atom. The second kappa shape index (κ2) is 7.03. The predicted octanol–water partition coefficient (Wildman–Crippen LogP) is 2.63. The van der Waals surface area contributed by atoms with E-state index in [4.69, 9.17) is 4.99 Å². The molecule has 1 saturated heterocycles. The molecule has 0 saturated carbocycles. The van der Waals surface area contributed by atoms with E-state index in [0.29, 0.717) is 0 Å². The number of rotatable bonds is 3. The molecule has 0 amide bonds. The maximum atomic E-state index is 4.85. The molecule has 3 rings (SSSR count). The van der Waals surface area contributed by atoms with Crippen LogP contribution < -0.4 is 10.2 Å². The zero-order valence-corrected chi connectivity index (χ0v) is 13.9. The van der Waals surface area contributed by atoms with E-state index in [2.05, 4.69) is 47.3 Å². The number of hydrogen-bond acceptors (Lipinski definition) is 2. The van der Waals surface area contributed by atoms with Gasteiger partial charge < -0.3 is 15.1 Å². The van der Waals surface area contributed by atoms with Crippen LogP contribution in [0.25, 0.3) is 0 Å². The van der Waals surface area contributed by atoms with Crippen LogP contribution in [0.2, 0.25) is 0 Å². The van der Waals surface area contributed by atoms with E-state index in [1.807, 2.05) is 0 Å². The molecule has 4 heteroatoms. The number of fused-ring (bicyclic) bond motifs is 1. The summed E-state index contributed by atoms with van der Waals surface area (Å²) in [6.45, 7) is 7.30. The zero-order valence-electron chi connectivity index (χ0n) is 13.9. The lowest BCUT2D eigenvalue weighted by Gasteiger charge is -2.27. The highest BCUT2D eigenvalue weighted by Gasteiger charge is 2.16. The van der Waals surface area contributed by atoms with Gasteiger partial charge >= 0.3 is 0 Å². The third-order valence-corrected chi connectivity index (χ3v) is 4.65. The highest BCUT2D eigenvalue weighted by molar-refractivity contribution is 5.80. The topological polar surface area (TPSA) is 30.9 Å². The monoisotopic (exact) mass is 300 g/mol. The molecular weight excluding hydrogens is 272 g/mol. The molecule has 0 radical (unpaired) electrons. The van der Waals surface area contributed by atoms with Gasteiger partial charge in [0.2, 0.25) is 0 Å². The van der Waals surface area contributed by atoms with Gasteiger partial charge in [0.1, 0.15) is 0 Å². The average molecular weight is 300 g/mol. The minimum Gasteiger partial charge on any atom is -0.374 e. The molecule has 1 fully saturated rings. The van der Waals surface area contributed by atoms with Crippen molar-refractivity contribution in [3.05, 3.63) is 29.3 Å². The molecule has 22 heavy (non-hydrogen) atoms. The van der Waals surface area contributed by atoms with Crippen molar-refractivity contribution >= 4 is 11.6 Å². The summed E-state index contributed by atoms with van der Waals surface area (Å²) in [7, 11) is 2.19. The molecule has 0 atom stereocenters. The second-order valence-electron chi connectivity index (χ2n) is 6.35. The van der Waals surface area contributed by atoms with Gasteiger partial charge in [0, 0.05) is 38.9 Å². The molecule has 1 aromatic carbocycles. The van der Waals surface area contributed by atoms with E-state index >= 15 is 0 Å². The van der Waals surface area contributed by atoms with Crippen molar-refractivity contribution in [3.63, 3.8) is 0 Å². The molecule has 0 spiro atoms. The average Bonchev–Trinajstić information content (AvgIpc) is 3.06. The first-order valence-corrected chi connectivity index (χ1v) is 8.64. The molecule has 1 N–H and O–H groups in total. The molecule has 1 aromatic rings. The van der Waals surface area contributed by atoms with E-state index < -0.39 is 0 Å². The molecular formula is C18H28N4. The summed E-state index contributed by atoms with van der Waals surface area (Å²) >= 11 is 0. The van der Waals surface area contributed by atoms with Gasteiger partial charge in [-0.05, 0) is 49.8 Å². The predicted molar refractivity (Wildman–Crippen MR) is 93.7 cm³/mol. The summed E-state index contributed by atoms with van der Waals surface area (Å²) in [6.07, 6.45) is 5.03. The lowest BCUT2D eigenvalue weighted by Crippen LogP contribution is -2.39. The van der Waals surface area contributed by atoms with Crippen molar-refractivity contribution in [2.24, 2.45) is 4.99 Å². The van der Waals surface area contributed by atoms with Crippen LogP contribution in [-0.2, 0) is 13.0 Å². The van der Waals surface area contributed by atoms with Crippen LogP contribution in [0.4, 0.5) is 5.69 Å². The Morgan fingerprint density at radius 1 is 1.18 bits per heavy atom. The molecule has 2 heterocycles. The van der Waals surface area contributed by atoms with Crippen LogP contribution in [0.5, 0.6) is 0 Å². The summed E-state index contributed by atoms with van der Waals surface area (Å²) in [4.78, 5) is 9.60. The van der Waals surface area contributed by atoms with Crippen molar-refractivity contribution in [1.82, 2.24) is 10.2 Å². The molecule has 4 nitrogen and oxygen atoms in total. The van der Waals surface area contributed by atoms with Gasteiger partial charge in [0.25, 0.3) is 0 Å². The van der Waals surface area contributed by atoms with E-state index in [0.717, 1.165) is 32.1 Å². The van der Waals surface area contributed by atoms with Gasteiger partial charge in [0.15, 0.2) is 5.96 Å². The molecule has 0 bridgehead atoms. The van der Waals surface area contributed by atoms with Crippen LogP contribution in [0, 0.1) is 0 Å². The molecule has 2 aliphatic rings. The van der Waals surface area contributed by atoms with Gasteiger partial charge in [-0.2, -0.15) is 0 Å². The number of nitrogens with one attached hydrogen (secondary N) is 1. The quantitative estimate of drug-likeness (QED) is 0.688. The minimum absolute atomic E-state index is 0.774. The summed E-state index contributed by atoms with van der Waals surface area (Å²) in [5.74, 6) is 1.08. The van der Waals surface area contributed by atoms with Crippen LogP contribution in [0.15, 0.2) is 23.2 Å². The third-order valence-electron chi connectivity index (χ3n) is 4.65. The smallest absolute Gasteiger partial charge is 0.194 e. The van der Waals surface area contributed by atoms with E-state index in [1.54, 1.807) is 0 Å². The number of likely N-dealkylation sites (tertiary alicyclic amines) is 1. The highest BCUT2D eigenvalue weighted by Crippen LogP contribution is 2.27. The number of nitrogens with zero attached hydrogens (tertiary/aromatic N) is 3. The Balaban J connectivity index is 1.72. The van der Waals surface area contributed by atoms with Crippen LogP contribution >= 0.6 is 0 Å². The fourth-order valence-corrected chi connectivity index (χ4v) is 3.46. The van der Waals surface area contributed by atoms with Gasteiger partial charge in [-0.1, -0.05) is 12.1 Å². The lowest BCUT2D eigenvalue weighted by molar-refractivity contribution is 0.493. The Bertz CT molecular complexity index is 532. The van der Waals surface area contributed by atoms with Crippen LogP contribution in [-0.4, -0.2) is 44.1 Å². The number of guanidine groups is 1. The Hall–Kier alpha value is -1.71. The first-order valence-electron chi connectivity index (χ1n) is 8.64. The van der Waals surface area contributed by atoms with Gasteiger partial charge in [0.05, 0.1) is 6.54 Å². The maximum absolute atomic E-state index is 4.85. The first-order chi connectivity index (χ1) is 10.8. The number of hydrogen-bond donors (Lipinski definition) is 1. The van der Waals surface area contributed by atoms with Crippen LogP contribution in [0.1, 0.15) is 37.3 Å². The zero-order chi connectivity index (χ0) is 15.4. The summed E-state index contributed by atoms with van der Waals surface area (Å²) in [5.41, 5.74) is 4.20. The Kier molecular flexibility index (Phi) is 4.86. The van der Waals surface area contributed by atoms with Crippen LogP contribution in [0.3, 0.4) is 0 Å². The SMILES string of the molecule is CCNC(=NCc1ccc2c(c1)CCCN2C)N1CCCC1. The molecule has 0 unspecified atom stereocenters. The number of aliphatic imine (C=N–C) groups is 1. The fourth-order valence-electron chi connectivity index (χ4n) is 3.46. The van der Waals surface area contributed by atoms with Gasteiger partial charge in [-0.15, -0.1) is 0 Å². The highest BCUT2D eigenvalue weighted by atomic mass is 15.3. The lowest BCUT2D eigenvalue weighted by atomic mass is 10.00. The molecule has 0 aliphatic carbocycles. The minimum atomic E-state index is 0.774. The largest absolute Gasteiger partial charge is 0.374 e. The summed E-state index contributed by atoms with van der Waals surface area (Å²) < 4.78 is 0. The summed E-state index contributed by atoms with van der Waals surface area (Å²) in [5, 5.41) is 3.43. The van der Waals surface area contributed by atoms with Crippen molar-refractivity contribution in [3.8, 4) is 0 Å². The third kappa shape index (κ3) is 3.37. The molecule has 2 aliphatic heterocycles. The van der Waals surface area contributed by atoms with E-state index in [-0.39, 0.29) is 0 Å². The summed E-state index contributed by atoms with van der Waals surface area (Å²) in [6, 6.07) is 6.85. The van der Waals surface area contributed by atoms with Crippen molar-refractivity contribution in [1.29, 1.82) is 0 Å². The first kappa shape index (κ1) is 15.2. The maximum Gasteiger partial charge on any atom is 0.194 e. The number of anilines is 1. The van der Waals surface area contributed by atoms with Crippen molar-refractivity contribution in [2.75, 3.05) is 38.1 Å². The molecule has 0 aromatic heterocycles. The normalized spacial score (nSPS) is 18.5. The van der Waals surface area contributed by atoms with E-state index in [9.17, 15) is 0 Å². The Morgan fingerprint density at radius 2 is 2.00 bits per heavy atom. The number of benzene rings is 1. The van der Waals surface area contributed by atoms with E-state index in [1.165, 1.54) is 49.0 Å². The standard InChI is InChI=1S/C18H28N4/c1-3-19-18(22-11-4-5-12-22)20-14-15-8-9-17-16(13-15)7-6-10-21(17)2/h8-9,13H,3-7,10-12,14H2,1-2H3,(H,19,20). The van der Waals surface area contributed by atoms with Crippen molar-refractivity contribution in [2.45, 2.75) is 39.2 Å². The fraction of sp³-hybridized carbons (Fsp3) is 0.611. The van der Waals surface area contributed by atoms with Gasteiger partial charge in [-0.3, -0.25) is 0 Å². The number of aryl methyl sites for hydroxylation is 1. The second-order valence-corrected chi connectivity index (χ2v) is 6.35. The Labute approximate surface area is 134 Å². The molecule has 120 valence electrons. The van der Waals surface area contributed by atoms with Crippen molar-refractivity contribution < 1.29 is 0 Å².